The van der Waals surface area contributed by atoms with Crippen molar-refractivity contribution in [3.05, 3.63) is 58.6 Å². The molecule has 0 bridgehead atoms. The summed E-state index contributed by atoms with van der Waals surface area (Å²) in [4.78, 5) is 4.18. The number of fused-ring (bicyclic) bond motifs is 2. The molecule has 0 aliphatic carbocycles. The van der Waals surface area contributed by atoms with Gasteiger partial charge < -0.3 is 5.73 Å². The Hall–Kier alpha value is -2.58. The Morgan fingerprint density at radius 1 is 1.19 bits per heavy atom. The van der Waals surface area contributed by atoms with Gasteiger partial charge in [0.15, 0.2) is 5.65 Å². The fraction of sp³-hybridized carbons (Fsp3) is 0.278. The zero-order chi connectivity index (χ0) is 19.9. The Balaban J connectivity index is 0.00000102. The second-order valence-corrected chi connectivity index (χ2v) is 6.41. The first-order chi connectivity index (χ1) is 12.8. The van der Waals surface area contributed by atoms with E-state index in [0.717, 1.165) is 0 Å². The highest BCUT2D eigenvalue weighted by Crippen LogP contribution is 2.34. The van der Waals surface area contributed by atoms with Crippen molar-refractivity contribution in [3.63, 3.8) is 0 Å². The molecular weight excluding hydrogens is 374 g/mol. The second kappa shape index (κ2) is 6.86. The van der Waals surface area contributed by atoms with Crippen LogP contribution in [0.2, 0.25) is 5.15 Å². The van der Waals surface area contributed by atoms with E-state index in [-0.39, 0.29) is 16.1 Å². The molecule has 4 rings (SSSR count). The van der Waals surface area contributed by atoms with Crippen molar-refractivity contribution in [2.45, 2.75) is 26.3 Å². The van der Waals surface area contributed by atoms with Crippen LogP contribution in [0, 0.1) is 11.6 Å². The monoisotopic (exact) mass is 392 g/mol. The molecule has 6 nitrogen and oxygen atoms in total. The quantitative estimate of drug-likeness (QED) is 0.563. The van der Waals surface area contributed by atoms with Crippen molar-refractivity contribution in [3.8, 4) is 0 Å². The Labute approximate surface area is 159 Å². The van der Waals surface area contributed by atoms with E-state index in [4.69, 9.17) is 17.3 Å². The normalized spacial score (nSPS) is 13.5. The Kier molecular flexibility index (Phi) is 4.88. The number of aromatic nitrogens is 5. The van der Waals surface area contributed by atoms with Crippen LogP contribution in [-0.2, 0) is 12.6 Å². The number of aryl methyl sites for hydroxylation is 1. The number of imidazole rings is 1. The zero-order valence-electron chi connectivity index (χ0n) is 15.3. The number of benzene rings is 1. The molecule has 4 aromatic rings. The van der Waals surface area contributed by atoms with Crippen LogP contribution in [0.25, 0.3) is 16.6 Å². The molecule has 0 radical (unpaired) electrons. The highest BCUT2D eigenvalue weighted by Gasteiger charge is 2.35. The van der Waals surface area contributed by atoms with Crippen LogP contribution >= 0.6 is 11.6 Å². The van der Waals surface area contributed by atoms with Gasteiger partial charge in [0, 0.05) is 13.1 Å². The van der Waals surface area contributed by atoms with Crippen molar-refractivity contribution in [2.75, 3.05) is 0 Å². The number of nitrogens with two attached hydrogens (primary N) is 1. The smallest absolute Gasteiger partial charge is 0.153 e. The van der Waals surface area contributed by atoms with E-state index in [1.54, 1.807) is 19.2 Å². The van der Waals surface area contributed by atoms with Gasteiger partial charge in [0.2, 0.25) is 0 Å². The molecule has 3 heterocycles. The third-order valence-electron chi connectivity index (χ3n) is 4.32. The third kappa shape index (κ3) is 2.94. The molecule has 0 saturated carbocycles. The van der Waals surface area contributed by atoms with Crippen LogP contribution in [-0.4, -0.2) is 24.4 Å². The highest BCUT2D eigenvalue weighted by molar-refractivity contribution is 6.29. The standard InChI is InChI=1S/C16H13ClF2N6.C2H6/c1-16(20,11-7-21-13-4-3-12(17)23-25(11)13)14-9(18)5-10-8(15(14)19)6-22-24(10)2;1-2/h3-7H,20H2,1-2H3;1-2H3. The average Bonchev–Trinajstić information content (AvgIpc) is 3.21. The minimum Gasteiger partial charge on any atom is -0.316 e. The number of halogens is 3. The molecule has 0 aliphatic rings. The van der Waals surface area contributed by atoms with Crippen LogP contribution in [0.3, 0.4) is 0 Å². The molecule has 0 saturated heterocycles. The number of hydrogen-bond donors (Lipinski definition) is 1. The van der Waals surface area contributed by atoms with Gasteiger partial charge in [-0.1, -0.05) is 25.4 Å². The van der Waals surface area contributed by atoms with Crippen molar-refractivity contribution in [2.24, 2.45) is 12.8 Å². The fourth-order valence-corrected chi connectivity index (χ4v) is 3.17. The molecule has 3 aromatic heterocycles. The van der Waals surface area contributed by atoms with Gasteiger partial charge in [-0.25, -0.2) is 18.3 Å². The lowest BCUT2D eigenvalue weighted by Crippen LogP contribution is -2.38. The van der Waals surface area contributed by atoms with Gasteiger partial charge in [-0.05, 0) is 19.1 Å². The van der Waals surface area contributed by atoms with E-state index < -0.39 is 17.2 Å². The molecule has 1 atom stereocenters. The molecule has 0 amide bonds. The van der Waals surface area contributed by atoms with Crippen molar-refractivity contribution in [1.82, 2.24) is 24.4 Å². The van der Waals surface area contributed by atoms with E-state index in [9.17, 15) is 4.39 Å². The summed E-state index contributed by atoms with van der Waals surface area (Å²) in [5, 5.41) is 8.50. The van der Waals surface area contributed by atoms with Crippen LogP contribution in [0.5, 0.6) is 0 Å². The molecule has 142 valence electrons. The largest absolute Gasteiger partial charge is 0.316 e. The maximum absolute atomic E-state index is 15.1. The maximum atomic E-state index is 15.1. The molecule has 0 aliphatic heterocycles. The van der Waals surface area contributed by atoms with Gasteiger partial charge in [-0.2, -0.15) is 10.2 Å². The van der Waals surface area contributed by atoms with Gasteiger partial charge in [0.25, 0.3) is 0 Å². The summed E-state index contributed by atoms with van der Waals surface area (Å²) in [5.41, 5.74) is 5.68. The molecular formula is C18H19ClF2N6. The topological polar surface area (TPSA) is 74.0 Å². The van der Waals surface area contributed by atoms with Gasteiger partial charge in [0.05, 0.1) is 40.1 Å². The van der Waals surface area contributed by atoms with Crippen molar-refractivity contribution >= 4 is 28.2 Å². The van der Waals surface area contributed by atoms with Crippen molar-refractivity contribution in [1.29, 1.82) is 0 Å². The Morgan fingerprint density at radius 3 is 2.59 bits per heavy atom. The molecule has 2 N–H and O–H groups in total. The lowest BCUT2D eigenvalue weighted by Gasteiger charge is -2.25. The van der Waals surface area contributed by atoms with Gasteiger partial charge >= 0.3 is 0 Å². The first-order valence-electron chi connectivity index (χ1n) is 8.40. The van der Waals surface area contributed by atoms with Gasteiger partial charge in [0.1, 0.15) is 16.8 Å². The average molecular weight is 393 g/mol. The molecule has 9 heteroatoms. The first-order valence-corrected chi connectivity index (χ1v) is 8.78. The molecule has 0 spiro atoms. The molecule has 0 fully saturated rings. The number of nitrogens with zero attached hydrogens (tertiary/aromatic N) is 5. The van der Waals surface area contributed by atoms with Crippen LogP contribution in [0.15, 0.2) is 30.6 Å². The van der Waals surface area contributed by atoms with E-state index in [1.165, 1.54) is 34.6 Å². The first kappa shape index (κ1) is 19.2. The molecule has 1 unspecified atom stereocenters. The Bertz CT molecular complexity index is 1130. The highest BCUT2D eigenvalue weighted by atomic mass is 35.5. The second-order valence-electron chi connectivity index (χ2n) is 6.02. The predicted molar refractivity (Wildman–Crippen MR) is 101 cm³/mol. The molecule has 27 heavy (non-hydrogen) atoms. The lowest BCUT2D eigenvalue weighted by atomic mass is 9.88. The summed E-state index contributed by atoms with van der Waals surface area (Å²) >= 11 is 5.93. The SMILES string of the molecule is CC.Cn1ncc2c(F)c(C(C)(N)c3cnc4ccc(Cl)nn34)c(F)cc21. The molecule has 1 aromatic carbocycles. The zero-order valence-corrected chi connectivity index (χ0v) is 16.1. The minimum absolute atomic E-state index is 0.190. The summed E-state index contributed by atoms with van der Waals surface area (Å²) in [7, 11) is 1.61. The summed E-state index contributed by atoms with van der Waals surface area (Å²) in [6.45, 7) is 5.50. The van der Waals surface area contributed by atoms with Crippen LogP contribution < -0.4 is 5.73 Å². The summed E-state index contributed by atoms with van der Waals surface area (Å²) < 4.78 is 32.6. The Morgan fingerprint density at radius 2 is 1.89 bits per heavy atom. The minimum atomic E-state index is -1.53. The van der Waals surface area contributed by atoms with Gasteiger partial charge in [-0.15, -0.1) is 0 Å². The third-order valence-corrected chi connectivity index (χ3v) is 4.53. The van der Waals surface area contributed by atoms with E-state index in [0.29, 0.717) is 16.9 Å². The van der Waals surface area contributed by atoms with Gasteiger partial charge in [-0.3, -0.25) is 4.68 Å². The number of hydrogen-bond acceptors (Lipinski definition) is 4. The lowest BCUT2D eigenvalue weighted by molar-refractivity contribution is 0.473. The van der Waals surface area contributed by atoms with Crippen LogP contribution in [0.1, 0.15) is 32.0 Å². The summed E-state index contributed by atoms with van der Waals surface area (Å²) in [5.74, 6) is -1.53. The van der Waals surface area contributed by atoms with E-state index in [1.807, 2.05) is 13.8 Å². The van der Waals surface area contributed by atoms with E-state index >= 15 is 4.39 Å². The maximum Gasteiger partial charge on any atom is 0.153 e. The number of rotatable bonds is 2. The predicted octanol–water partition coefficient (Wildman–Crippen LogP) is 3.80. The summed E-state index contributed by atoms with van der Waals surface area (Å²) in [6, 6.07) is 4.44. The van der Waals surface area contributed by atoms with Crippen molar-refractivity contribution < 1.29 is 8.78 Å². The van der Waals surface area contributed by atoms with Crippen LogP contribution in [0.4, 0.5) is 8.78 Å². The summed E-state index contributed by atoms with van der Waals surface area (Å²) in [6.07, 6.45) is 2.78. The fourth-order valence-electron chi connectivity index (χ4n) is 3.03. The van der Waals surface area contributed by atoms with E-state index in [2.05, 4.69) is 15.2 Å².